The SMILES string of the molecule is CCOC(=O)C1=C(C)N=c2s/c(=C/c3cc(Br)c(OCc4ccc(F)cc4)c(OC)c3)c(=O)n2[C@@H]1c1ccc(C)cc1. The Morgan fingerprint density at radius 3 is 2.50 bits per heavy atom. The van der Waals surface area contributed by atoms with Gasteiger partial charge in [0.2, 0.25) is 0 Å². The number of esters is 1. The first-order chi connectivity index (χ1) is 20.2. The molecule has 0 spiro atoms. The molecule has 1 atom stereocenters. The molecule has 216 valence electrons. The van der Waals surface area contributed by atoms with Crippen LogP contribution >= 0.6 is 27.3 Å². The molecule has 42 heavy (non-hydrogen) atoms. The summed E-state index contributed by atoms with van der Waals surface area (Å²) in [6.45, 7) is 5.91. The topological polar surface area (TPSA) is 79.1 Å². The molecule has 0 radical (unpaired) electrons. The quantitative estimate of drug-likeness (QED) is 0.232. The smallest absolute Gasteiger partial charge is 0.338 e. The fraction of sp³-hybridized carbons (Fsp3) is 0.219. The number of halogens is 2. The van der Waals surface area contributed by atoms with Crippen LogP contribution in [0.15, 0.2) is 86.2 Å². The maximum Gasteiger partial charge on any atom is 0.338 e. The molecule has 1 aliphatic heterocycles. The van der Waals surface area contributed by atoms with Crippen LogP contribution in [0.1, 0.15) is 42.1 Å². The number of benzene rings is 3. The molecule has 7 nitrogen and oxygen atoms in total. The standard InChI is InChI=1S/C32H28BrFN2O5S/c1-5-40-31(38)27-19(3)35-32-36(28(27)22-10-6-18(2)7-11-22)30(37)26(42-32)16-21-14-24(33)29(25(15-21)39-4)41-17-20-8-12-23(34)13-9-20/h6-16,28H,5,17H2,1-4H3/b26-16+/t28-/m1/s1. The first-order valence-electron chi connectivity index (χ1n) is 13.2. The molecule has 1 aromatic heterocycles. The molecule has 0 amide bonds. The minimum Gasteiger partial charge on any atom is -0.493 e. The zero-order valence-corrected chi connectivity index (χ0v) is 25.8. The predicted octanol–water partition coefficient (Wildman–Crippen LogP) is 5.60. The number of aromatic nitrogens is 1. The maximum atomic E-state index is 13.9. The van der Waals surface area contributed by atoms with E-state index in [1.807, 2.05) is 37.3 Å². The lowest BCUT2D eigenvalue weighted by molar-refractivity contribution is -0.139. The number of hydrogen-bond acceptors (Lipinski definition) is 7. The predicted molar refractivity (Wildman–Crippen MR) is 163 cm³/mol. The largest absolute Gasteiger partial charge is 0.493 e. The molecule has 0 aliphatic carbocycles. The number of allylic oxidation sites excluding steroid dienone is 1. The van der Waals surface area contributed by atoms with E-state index in [0.717, 1.165) is 16.7 Å². The van der Waals surface area contributed by atoms with E-state index in [1.165, 1.54) is 30.6 Å². The zero-order chi connectivity index (χ0) is 30.0. The third kappa shape index (κ3) is 5.96. The summed E-state index contributed by atoms with van der Waals surface area (Å²) >= 11 is 4.81. The first-order valence-corrected chi connectivity index (χ1v) is 14.8. The number of carbonyl (C=O) groups excluding carboxylic acids is 1. The summed E-state index contributed by atoms with van der Waals surface area (Å²) < 4.78 is 32.8. The summed E-state index contributed by atoms with van der Waals surface area (Å²) in [4.78, 5) is 32.1. The number of ether oxygens (including phenoxy) is 3. The van der Waals surface area contributed by atoms with Gasteiger partial charge in [-0.1, -0.05) is 53.3 Å². The number of hydrogen-bond donors (Lipinski definition) is 0. The molecule has 4 aromatic rings. The number of rotatable bonds is 8. The lowest BCUT2D eigenvalue weighted by Gasteiger charge is -2.24. The fourth-order valence-electron chi connectivity index (χ4n) is 4.71. The Labute approximate surface area is 254 Å². The van der Waals surface area contributed by atoms with Crippen molar-refractivity contribution in [2.45, 2.75) is 33.4 Å². The highest BCUT2D eigenvalue weighted by molar-refractivity contribution is 9.10. The minimum absolute atomic E-state index is 0.209. The van der Waals surface area contributed by atoms with Gasteiger partial charge < -0.3 is 14.2 Å². The summed E-state index contributed by atoms with van der Waals surface area (Å²) in [5, 5.41) is 0. The van der Waals surface area contributed by atoms with Crippen LogP contribution in [0, 0.1) is 12.7 Å². The summed E-state index contributed by atoms with van der Waals surface area (Å²) in [5.74, 6) is 0.131. The van der Waals surface area contributed by atoms with E-state index >= 15 is 0 Å². The van der Waals surface area contributed by atoms with Crippen molar-refractivity contribution >= 4 is 39.3 Å². The zero-order valence-electron chi connectivity index (χ0n) is 23.4. The summed E-state index contributed by atoms with van der Waals surface area (Å²) in [5.41, 5.74) is 3.94. The summed E-state index contributed by atoms with van der Waals surface area (Å²) in [6.07, 6.45) is 1.76. The second-order valence-electron chi connectivity index (χ2n) is 9.66. The van der Waals surface area contributed by atoms with E-state index in [9.17, 15) is 14.0 Å². The molecule has 0 saturated heterocycles. The fourth-order valence-corrected chi connectivity index (χ4v) is 6.33. The number of methoxy groups -OCH3 is 1. The van der Waals surface area contributed by atoms with Gasteiger partial charge in [-0.2, -0.15) is 0 Å². The van der Waals surface area contributed by atoms with Crippen LogP contribution in [0.5, 0.6) is 11.5 Å². The number of aryl methyl sites for hydroxylation is 1. The van der Waals surface area contributed by atoms with E-state index in [4.69, 9.17) is 14.2 Å². The third-order valence-electron chi connectivity index (χ3n) is 6.76. The van der Waals surface area contributed by atoms with E-state index in [0.29, 0.717) is 42.1 Å². The molecular formula is C32H28BrFN2O5S. The molecule has 10 heteroatoms. The average molecular weight is 652 g/mol. The van der Waals surface area contributed by atoms with Gasteiger partial charge in [0.1, 0.15) is 12.4 Å². The van der Waals surface area contributed by atoms with E-state index in [2.05, 4.69) is 20.9 Å². The van der Waals surface area contributed by atoms with Crippen LogP contribution in [0.25, 0.3) is 6.08 Å². The number of carbonyl (C=O) groups is 1. The Morgan fingerprint density at radius 1 is 1.12 bits per heavy atom. The van der Waals surface area contributed by atoms with Crippen LogP contribution in [-0.4, -0.2) is 24.3 Å². The van der Waals surface area contributed by atoms with Gasteiger partial charge >= 0.3 is 5.97 Å². The van der Waals surface area contributed by atoms with E-state index in [-0.39, 0.29) is 24.6 Å². The first kappa shape index (κ1) is 29.5. The van der Waals surface area contributed by atoms with E-state index < -0.39 is 12.0 Å². The molecule has 0 saturated carbocycles. The van der Waals surface area contributed by atoms with Crippen molar-refractivity contribution in [2.75, 3.05) is 13.7 Å². The highest BCUT2D eigenvalue weighted by Crippen LogP contribution is 2.37. The van der Waals surface area contributed by atoms with Crippen molar-refractivity contribution in [1.29, 1.82) is 0 Å². The molecule has 0 fully saturated rings. The lowest BCUT2D eigenvalue weighted by atomic mass is 9.95. The van der Waals surface area contributed by atoms with Crippen LogP contribution in [0.2, 0.25) is 0 Å². The highest BCUT2D eigenvalue weighted by Gasteiger charge is 2.33. The molecule has 5 rings (SSSR count). The van der Waals surface area contributed by atoms with Gasteiger partial charge in [0.25, 0.3) is 5.56 Å². The van der Waals surface area contributed by atoms with Gasteiger partial charge in [-0.25, -0.2) is 14.2 Å². The van der Waals surface area contributed by atoms with Gasteiger partial charge in [0.15, 0.2) is 16.3 Å². The van der Waals surface area contributed by atoms with Crippen LogP contribution in [-0.2, 0) is 16.1 Å². The molecule has 0 bridgehead atoms. The minimum atomic E-state index is -0.674. The molecular weight excluding hydrogens is 623 g/mol. The van der Waals surface area contributed by atoms with Gasteiger partial charge in [0, 0.05) is 0 Å². The summed E-state index contributed by atoms with van der Waals surface area (Å²) in [7, 11) is 1.53. The second-order valence-corrected chi connectivity index (χ2v) is 11.5. The molecule has 0 unspecified atom stereocenters. The van der Waals surface area contributed by atoms with Gasteiger partial charge in [-0.15, -0.1) is 0 Å². The number of thiazole rings is 1. The van der Waals surface area contributed by atoms with Crippen molar-refractivity contribution in [1.82, 2.24) is 4.57 Å². The van der Waals surface area contributed by atoms with Crippen molar-refractivity contribution in [2.24, 2.45) is 4.99 Å². The van der Waals surface area contributed by atoms with Crippen LogP contribution in [0.3, 0.4) is 0 Å². The Bertz CT molecular complexity index is 1860. The van der Waals surface area contributed by atoms with Crippen LogP contribution in [0.4, 0.5) is 4.39 Å². The summed E-state index contributed by atoms with van der Waals surface area (Å²) in [6, 6.07) is 16.7. The van der Waals surface area contributed by atoms with Crippen LogP contribution < -0.4 is 24.4 Å². The van der Waals surface area contributed by atoms with E-state index in [1.54, 1.807) is 42.7 Å². The molecule has 3 aromatic carbocycles. The maximum absolute atomic E-state index is 13.9. The number of nitrogens with zero attached hydrogens (tertiary/aromatic N) is 2. The normalized spacial score (nSPS) is 14.8. The average Bonchev–Trinajstić information content (AvgIpc) is 3.26. The van der Waals surface area contributed by atoms with Gasteiger partial charge in [0.05, 0.1) is 40.0 Å². The highest BCUT2D eigenvalue weighted by atomic mass is 79.9. The van der Waals surface area contributed by atoms with Crippen molar-refractivity contribution in [3.63, 3.8) is 0 Å². The van der Waals surface area contributed by atoms with Crippen molar-refractivity contribution in [3.8, 4) is 11.5 Å². The Kier molecular flexibility index (Phi) is 8.74. The number of fused-ring (bicyclic) bond motifs is 1. The lowest BCUT2D eigenvalue weighted by Crippen LogP contribution is -2.39. The van der Waals surface area contributed by atoms with Crippen molar-refractivity contribution in [3.05, 3.63) is 124 Å². The molecule has 0 N–H and O–H groups in total. The Hall–Kier alpha value is -4.02. The van der Waals surface area contributed by atoms with Gasteiger partial charge in [-0.3, -0.25) is 9.36 Å². The monoisotopic (exact) mass is 650 g/mol. The Morgan fingerprint density at radius 2 is 1.83 bits per heavy atom. The van der Waals surface area contributed by atoms with Gasteiger partial charge in [-0.05, 0) is 83.7 Å². The van der Waals surface area contributed by atoms with Crippen molar-refractivity contribution < 1.29 is 23.4 Å². The third-order valence-corrected chi connectivity index (χ3v) is 8.33. The Balaban J connectivity index is 1.56. The molecule has 2 heterocycles. The second kappa shape index (κ2) is 12.5. The molecule has 1 aliphatic rings.